The van der Waals surface area contributed by atoms with Crippen LogP contribution in [0.4, 0.5) is 0 Å². The number of hydrogen-bond acceptors (Lipinski definition) is 3. The number of fused-ring (bicyclic) bond motifs is 1. The zero-order valence-electron chi connectivity index (χ0n) is 14.1. The van der Waals surface area contributed by atoms with E-state index in [0.717, 1.165) is 10.9 Å². The lowest BCUT2D eigenvalue weighted by molar-refractivity contribution is 0.0964. The van der Waals surface area contributed by atoms with Crippen molar-refractivity contribution in [3.8, 4) is 5.75 Å². The van der Waals surface area contributed by atoms with E-state index in [1.54, 1.807) is 24.5 Å². The lowest BCUT2D eigenvalue weighted by Gasteiger charge is -2.12. The van der Waals surface area contributed by atoms with Gasteiger partial charge in [0.25, 0.3) is 5.91 Å². The Hall–Kier alpha value is -2.82. The van der Waals surface area contributed by atoms with Crippen molar-refractivity contribution >= 4 is 40.1 Å². The van der Waals surface area contributed by atoms with E-state index in [1.165, 1.54) is 4.57 Å². The number of carbonyl (C=O) groups is 1. The minimum absolute atomic E-state index is 0.262. The van der Waals surface area contributed by atoms with Crippen molar-refractivity contribution in [1.29, 1.82) is 0 Å². The van der Waals surface area contributed by atoms with Crippen LogP contribution >= 0.6 is 23.2 Å². The second-order valence-corrected chi connectivity index (χ2v) is 6.76. The molecule has 4 nitrogen and oxygen atoms in total. The fourth-order valence-electron chi connectivity index (χ4n) is 2.82. The van der Waals surface area contributed by atoms with Crippen molar-refractivity contribution in [3.05, 3.63) is 94.2 Å². The Morgan fingerprint density at radius 2 is 1.74 bits per heavy atom. The number of nitrogens with zero attached hydrogens (tertiary/aromatic N) is 2. The molecule has 0 fully saturated rings. The van der Waals surface area contributed by atoms with Gasteiger partial charge in [-0.2, -0.15) is 0 Å². The van der Waals surface area contributed by atoms with Crippen LogP contribution in [0.25, 0.3) is 11.0 Å². The summed E-state index contributed by atoms with van der Waals surface area (Å²) in [4.78, 5) is 17.1. The SMILES string of the molecule is O=C(c1cc(Cl)c(OCc2ccccc2)c(Cl)c1)n1ccc2cccnc21. The minimum atomic E-state index is -0.262. The van der Waals surface area contributed by atoms with Gasteiger partial charge in [0.1, 0.15) is 12.3 Å². The molecule has 0 aliphatic heterocycles. The minimum Gasteiger partial charge on any atom is -0.486 e. The standard InChI is InChI=1S/C21H14Cl2N2O2/c22-17-11-16(21(26)25-10-8-15-7-4-9-24-20(15)25)12-18(23)19(17)27-13-14-5-2-1-3-6-14/h1-12H,13H2. The van der Waals surface area contributed by atoms with Crippen LogP contribution in [0.2, 0.25) is 10.0 Å². The van der Waals surface area contributed by atoms with E-state index in [1.807, 2.05) is 48.5 Å². The van der Waals surface area contributed by atoms with Crippen LogP contribution in [0.1, 0.15) is 15.9 Å². The number of pyridine rings is 1. The van der Waals surface area contributed by atoms with Gasteiger partial charge in [-0.05, 0) is 35.9 Å². The predicted octanol–water partition coefficient (Wildman–Crippen LogP) is 5.61. The van der Waals surface area contributed by atoms with Crippen LogP contribution in [0.3, 0.4) is 0 Å². The fourth-order valence-corrected chi connectivity index (χ4v) is 3.42. The summed E-state index contributed by atoms with van der Waals surface area (Å²) >= 11 is 12.7. The van der Waals surface area contributed by atoms with Crippen LogP contribution in [-0.2, 0) is 6.61 Å². The second kappa shape index (κ2) is 7.43. The van der Waals surface area contributed by atoms with E-state index < -0.39 is 0 Å². The average molecular weight is 397 g/mol. The van der Waals surface area contributed by atoms with Gasteiger partial charge in [0.2, 0.25) is 0 Å². The first kappa shape index (κ1) is 17.6. The van der Waals surface area contributed by atoms with E-state index in [0.29, 0.717) is 23.6 Å². The molecule has 134 valence electrons. The highest BCUT2D eigenvalue weighted by atomic mass is 35.5. The van der Waals surface area contributed by atoms with Crippen LogP contribution < -0.4 is 4.74 Å². The molecule has 0 saturated carbocycles. The predicted molar refractivity (Wildman–Crippen MR) is 107 cm³/mol. The van der Waals surface area contributed by atoms with Gasteiger partial charge in [0, 0.05) is 23.3 Å². The van der Waals surface area contributed by atoms with E-state index in [4.69, 9.17) is 27.9 Å². The zero-order chi connectivity index (χ0) is 18.8. The second-order valence-electron chi connectivity index (χ2n) is 5.95. The molecule has 2 aromatic heterocycles. The number of halogens is 2. The highest BCUT2D eigenvalue weighted by molar-refractivity contribution is 6.37. The van der Waals surface area contributed by atoms with E-state index in [9.17, 15) is 4.79 Å². The molecule has 0 saturated heterocycles. The van der Waals surface area contributed by atoms with Crippen LogP contribution in [0, 0.1) is 0 Å². The summed E-state index contributed by atoms with van der Waals surface area (Å²) in [7, 11) is 0. The molecule has 27 heavy (non-hydrogen) atoms. The van der Waals surface area contributed by atoms with Crippen LogP contribution in [-0.4, -0.2) is 15.5 Å². The highest BCUT2D eigenvalue weighted by Gasteiger charge is 2.17. The third-order valence-corrected chi connectivity index (χ3v) is 4.70. The van der Waals surface area contributed by atoms with Gasteiger partial charge >= 0.3 is 0 Å². The van der Waals surface area contributed by atoms with Crippen molar-refractivity contribution in [2.45, 2.75) is 6.61 Å². The summed E-state index contributed by atoms with van der Waals surface area (Å²) in [6, 6.07) is 18.4. The van der Waals surface area contributed by atoms with Crippen molar-refractivity contribution in [2.24, 2.45) is 0 Å². The van der Waals surface area contributed by atoms with Gasteiger partial charge in [-0.15, -0.1) is 0 Å². The summed E-state index contributed by atoms with van der Waals surface area (Å²) in [6.45, 7) is 0.333. The number of benzene rings is 2. The van der Waals surface area contributed by atoms with E-state index >= 15 is 0 Å². The summed E-state index contributed by atoms with van der Waals surface area (Å²) in [5.74, 6) is 0.0938. The molecule has 4 aromatic rings. The monoisotopic (exact) mass is 396 g/mol. The third kappa shape index (κ3) is 3.54. The highest BCUT2D eigenvalue weighted by Crippen LogP contribution is 2.35. The van der Waals surface area contributed by atoms with Crippen LogP contribution in [0.5, 0.6) is 5.75 Å². The molecule has 2 aromatic carbocycles. The van der Waals surface area contributed by atoms with Gasteiger partial charge in [-0.1, -0.05) is 53.5 Å². The summed E-state index contributed by atoms with van der Waals surface area (Å²) in [5.41, 5.74) is 1.94. The molecule has 4 rings (SSSR count). The first-order valence-electron chi connectivity index (χ1n) is 8.26. The number of aromatic nitrogens is 2. The summed E-state index contributed by atoms with van der Waals surface area (Å²) in [5, 5.41) is 1.45. The molecule has 0 spiro atoms. The Balaban J connectivity index is 1.62. The molecule has 0 atom stereocenters. The lowest BCUT2D eigenvalue weighted by atomic mass is 10.2. The molecule has 2 heterocycles. The van der Waals surface area contributed by atoms with Gasteiger partial charge in [0.15, 0.2) is 5.75 Å². The van der Waals surface area contributed by atoms with Crippen molar-refractivity contribution in [3.63, 3.8) is 0 Å². The first-order valence-corrected chi connectivity index (χ1v) is 9.01. The summed E-state index contributed by atoms with van der Waals surface area (Å²) in [6.07, 6.45) is 3.33. The summed E-state index contributed by atoms with van der Waals surface area (Å²) < 4.78 is 7.23. The van der Waals surface area contributed by atoms with Crippen molar-refractivity contribution < 1.29 is 9.53 Å². The fraction of sp³-hybridized carbons (Fsp3) is 0.0476. The molecule has 0 unspecified atom stereocenters. The molecule has 0 amide bonds. The molecule has 0 radical (unpaired) electrons. The third-order valence-electron chi connectivity index (χ3n) is 4.14. The largest absolute Gasteiger partial charge is 0.486 e. The number of ether oxygens (including phenoxy) is 1. The Morgan fingerprint density at radius 1 is 1.00 bits per heavy atom. The normalized spacial score (nSPS) is 10.9. The van der Waals surface area contributed by atoms with Crippen molar-refractivity contribution in [2.75, 3.05) is 0 Å². The number of hydrogen-bond donors (Lipinski definition) is 0. The zero-order valence-corrected chi connectivity index (χ0v) is 15.6. The molecule has 0 bridgehead atoms. The van der Waals surface area contributed by atoms with E-state index in [-0.39, 0.29) is 16.0 Å². The number of carbonyl (C=O) groups excluding carboxylic acids is 1. The Kier molecular flexibility index (Phi) is 4.84. The topological polar surface area (TPSA) is 44.1 Å². The molecule has 0 aliphatic rings. The maximum absolute atomic E-state index is 12.9. The Morgan fingerprint density at radius 3 is 2.48 bits per heavy atom. The molecule has 0 N–H and O–H groups in total. The van der Waals surface area contributed by atoms with Gasteiger partial charge in [-0.3, -0.25) is 9.36 Å². The van der Waals surface area contributed by atoms with Gasteiger partial charge in [0.05, 0.1) is 10.0 Å². The average Bonchev–Trinajstić information content (AvgIpc) is 3.11. The molecule has 6 heteroatoms. The quantitative estimate of drug-likeness (QED) is 0.450. The van der Waals surface area contributed by atoms with E-state index in [2.05, 4.69) is 4.98 Å². The molecular weight excluding hydrogens is 383 g/mol. The maximum atomic E-state index is 12.9. The Bertz CT molecular complexity index is 1100. The number of rotatable bonds is 4. The van der Waals surface area contributed by atoms with Crippen LogP contribution in [0.15, 0.2) is 73.1 Å². The smallest absolute Gasteiger partial charge is 0.263 e. The Labute approximate surface area is 165 Å². The van der Waals surface area contributed by atoms with Gasteiger partial charge < -0.3 is 4.74 Å². The first-order chi connectivity index (χ1) is 13.1. The molecular formula is C21H14Cl2N2O2. The molecule has 0 aliphatic carbocycles. The van der Waals surface area contributed by atoms with Crippen molar-refractivity contribution in [1.82, 2.24) is 9.55 Å². The lowest BCUT2D eigenvalue weighted by Crippen LogP contribution is -2.11. The van der Waals surface area contributed by atoms with Gasteiger partial charge in [-0.25, -0.2) is 4.98 Å². The maximum Gasteiger partial charge on any atom is 0.263 e.